The van der Waals surface area contributed by atoms with Gasteiger partial charge in [0.05, 0.1) is 22.6 Å². The smallest absolute Gasteiger partial charge is 0.312 e. The summed E-state index contributed by atoms with van der Waals surface area (Å²) in [6.45, 7) is 0. The number of nitro groups is 1. The minimum atomic E-state index is -4.19. The molecule has 2 aromatic carbocycles. The second-order valence-electron chi connectivity index (χ2n) is 4.32. The molecule has 0 aliphatic carbocycles. The van der Waals surface area contributed by atoms with Crippen LogP contribution < -0.4 is 9.46 Å². The highest BCUT2D eigenvalue weighted by molar-refractivity contribution is 9.10. The number of ether oxygens (including phenoxy) is 1. The molecule has 23 heavy (non-hydrogen) atoms. The number of hydrogen-bond donors (Lipinski definition) is 1. The molecule has 0 atom stereocenters. The van der Waals surface area contributed by atoms with E-state index in [1.807, 2.05) is 4.72 Å². The molecule has 0 unspecified atom stereocenters. The maximum Gasteiger partial charge on any atom is 0.312 e. The zero-order valence-corrected chi connectivity index (χ0v) is 14.0. The second kappa shape index (κ2) is 6.50. The van der Waals surface area contributed by atoms with Gasteiger partial charge >= 0.3 is 5.69 Å². The van der Waals surface area contributed by atoms with Gasteiger partial charge in [-0.3, -0.25) is 14.8 Å². The number of halogens is 2. The maximum atomic E-state index is 13.7. The molecule has 0 aliphatic rings. The van der Waals surface area contributed by atoms with Crippen LogP contribution in [0.15, 0.2) is 45.8 Å². The lowest BCUT2D eigenvalue weighted by atomic mass is 10.3. The zero-order chi connectivity index (χ0) is 17.2. The number of nitrogens with zero attached hydrogens (tertiary/aromatic N) is 1. The van der Waals surface area contributed by atoms with E-state index in [1.165, 1.54) is 19.2 Å². The molecule has 2 rings (SSSR count). The Hall–Kier alpha value is -2.20. The topological polar surface area (TPSA) is 98.5 Å². The number of benzene rings is 2. The average Bonchev–Trinajstić information content (AvgIpc) is 2.49. The van der Waals surface area contributed by atoms with Gasteiger partial charge in [0.15, 0.2) is 5.75 Å². The van der Waals surface area contributed by atoms with Crippen LogP contribution in [0, 0.1) is 15.9 Å². The van der Waals surface area contributed by atoms with E-state index in [2.05, 4.69) is 15.9 Å². The highest BCUT2D eigenvalue weighted by Crippen LogP contribution is 2.30. The summed E-state index contributed by atoms with van der Waals surface area (Å²) in [7, 11) is -2.97. The Morgan fingerprint density at radius 2 is 1.96 bits per heavy atom. The molecule has 0 fully saturated rings. The predicted molar refractivity (Wildman–Crippen MR) is 84.6 cm³/mol. The molecule has 0 aliphatic heterocycles. The first-order chi connectivity index (χ1) is 10.7. The number of rotatable bonds is 5. The van der Waals surface area contributed by atoms with Crippen LogP contribution in [0.3, 0.4) is 0 Å². The first kappa shape index (κ1) is 17.2. The van der Waals surface area contributed by atoms with Crippen molar-refractivity contribution in [3.8, 4) is 5.75 Å². The van der Waals surface area contributed by atoms with Crippen molar-refractivity contribution in [1.29, 1.82) is 0 Å². The minimum Gasteiger partial charge on any atom is -0.490 e. The molecule has 0 heterocycles. The van der Waals surface area contributed by atoms with Gasteiger partial charge < -0.3 is 4.74 Å². The number of anilines is 1. The lowest BCUT2D eigenvalue weighted by molar-refractivity contribution is -0.386. The van der Waals surface area contributed by atoms with Crippen molar-refractivity contribution >= 4 is 37.3 Å². The molecule has 0 saturated carbocycles. The van der Waals surface area contributed by atoms with E-state index in [0.717, 1.165) is 24.3 Å². The SMILES string of the molecule is COc1ccc(S(=O)(=O)Nc2ccc(Br)cc2F)cc1[N+](=O)[O-]. The summed E-state index contributed by atoms with van der Waals surface area (Å²) in [5.41, 5.74) is -0.779. The molecular formula is C13H10BrFN2O5S. The molecule has 2 aromatic rings. The highest BCUT2D eigenvalue weighted by Gasteiger charge is 2.22. The third kappa shape index (κ3) is 3.77. The Balaban J connectivity index is 2.43. The van der Waals surface area contributed by atoms with E-state index in [0.29, 0.717) is 4.47 Å². The molecule has 0 bridgehead atoms. The zero-order valence-electron chi connectivity index (χ0n) is 11.6. The van der Waals surface area contributed by atoms with Gasteiger partial charge in [-0.25, -0.2) is 12.8 Å². The van der Waals surface area contributed by atoms with Gasteiger partial charge in [0.1, 0.15) is 5.82 Å². The van der Waals surface area contributed by atoms with Crippen LogP contribution in [0.1, 0.15) is 0 Å². The minimum absolute atomic E-state index is 0.0798. The number of methoxy groups -OCH3 is 1. The maximum absolute atomic E-state index is 13.7. The molecule has 7 nitrogen and oxygen atoms in total. The summed E-state index contributed by atoms with van der Waals surface area (Å²) in [4.78, 5) is 9.81. The summed E-state index contributed by atoms with van der Waals surface area (Å²) >= 11 is 3.06. The van der Waals surface area contributed by atoms with Gasteiger partial charge in [-0.15, -0.1) is 0 Å². The Labute approximate surface area is 139 Å². The predicted octanol–water partition coefficient (Wildman–Crippen LogP) is 3.31. The summed E-state index contributed by atoms with van der Waals surface area (Å²) < 4.78 is 45.6. The summed E-state index contributed by atoms with van der Waals surface area (Å²) in [5.74, 6) is -0.866. The van der Waals surface area contributed by atoms with Crippen molar-refractivity contribution in [2.75, 3.05) is 11.8 Å². The van der Waals surface area contributed by atoms with Gasteiger partial charge in [-0.1, -0.05) is 15.9 Å². The van der Waals surface area contributed by atoms with Crippen LogP contribution in [-0.2, 0) is 10.0 Å². The highest BCUT2D eigenvalue weighted by atomic mass is 79.9. The number of sulfonamides is 1. The Morgan fingerprint density at radius 1 is 1.26 bits per heavy atom. The van der Waals surface area contributed by atoms with Crippen LogP contribution in [-0.4, -0.2) is 20.5 Å². The fourth-order valence-corrected chi connectivity index (χ4v) is 3.18. The molecule has 0 aromatic heterocycles. The number of nitrogens with one attached hydrogen (secondary N) is 1. The normalized spacial score (nSPS) is 11.1. The van der Waals surface area contributed by atoms with Crippen molar-refractivity contribution in [2.45, 2.75) is 4.90 Å². The third-order valence-electron chi connectivity index (χ3n) is 2.83. The first-order valence-corrected chi connectivity index (χ1v) is 8.32. The Bertz CT molecular complexity index is 873. The fourth-order valence-electron chi connectivity index (χ4n) is 1.76. The van der Waals surface area contributed by atoms with E-state index in [9.17, 15) is 22.9 Å². The van der Waals surface area contributed by atoms with Crippen LogP contribution in [0.25, 0.3) is 0 Å². The van der Waals surface area contributed by atoms with E-state index >= 15 is 0 Å². The van der Waals surface area contributed by atoms with E-state index < -0.39 is 26.5 Å². The summed E-state index contributed by atoms with van der Waals surface area (Å²) in [5, 5.41) is 11.0. The van der Waals surface area contributed by atoms with E-state index in [1.54, 1.807) is 0 Å². The van der Waals surface area contributed by atoms with Gasteiger partial charge in [-0.05, 0) is 30.3 Å². The standard InChI is InChI=1S/C13H10BrFN2O5S/c1-22-13-5-3-9(7-12(13)17(18)19)23(20,21)16-11-4-2-8(14)6-10(11)15/h2-7,16H,1H3. The third-order valence-corrected chi connectivity index (χ3v) is 4.69. The molecule has 1 N–H and O–H groups in total. The van der Waals surface area contributed by atoms with Gasteiger partial charge in [0, 0.05) is 10.5 Å². The first-order valence-electron chi connectivity index (χ1n) is 6.05. The monoisotopic (exact) mass is 404 g/mol. The molecule has 10 heteroatoms. The van der Waals surface area contributed by atoms with Crippen molar-refractivity contribution in [2.24, 2.45) is 0 Å². The fraction of sp³-hybridized carbons (Fsp3) is 0.0769. The average molecular weight is 405 g/mol. The molecule has 0 spiro atoms. The second-order valence-corrected chi connectivity index (χ2v) is 6.92. The van der Waals surface area contributed by atoms with Crippen LogP contribution in [0.4, 0.5) is 15.8 Å². The quantitative estimate of drug-likeness (QED) is 0.608. The molecule has 0 radical (unpaired) electrons. The largest absolute Gasteiger partial charge is 0.490 e. The lowest BCUT2D eigenvalue weighted by Gasteiger charge is -2.10. The van der Waals surface area contributed by atoms with Crippen LogP contribution >= 0.6 is 15.9 Å². The molecule has 0 saturated heterocycles. The lowest BCUT2D eigenvalue weighted by Crippen LogP contribution is -2.14. The Kier molecular flexibility index (Phi) is 4.85. The van der Waals surface area contributed by atoms with Crippen molar-refractivity contribution in [3.63, 3.8) is 0 Å². The van der Waals surface area contributed by atoms with Crippen LogP contribution in [0.2, 0.25) is 0 Å². The summed E-state index contributed by atoms with van der Waals surface area (Å²) in [6.07, 6.45) is 0. The van der Waals surface area contributed by atoms with E-state index in [4.69, 9.17) is 4.74 Å². The van der Waals surface area contributed by atoms with Gasteiger partial charge in [0.25, 0.3) is 10.0 Å². The molecule has 0 amide bonds. The van der Waals surface area contributed by atoms with Crippen LogP contribution in [0.5, 0.6) is 5.75 Å². The van der Waals surface area contributed by atoms with Gasteiger partial charge in [-0.2, -0.15) is 0 Å². The Morgan fingerprint density at radius 3 is 2.52 bits per heavy atom. The number of nitro benzene ring substituents is 1. The summed E-state index contributed by atoms with van der Waals surface area (Å²) in [6, 6.07) is 6.91. The van der Waals surface area contributed by atoms with Gasteiger partial charge in [0.2, 0.25) is 0 Å². The number of hydrogen-bond acceptors (Lipinski definition) is 5. The van der Waals surface area contributed by atoms with Crippen molar-refractivity contribution in [1.82, 2.24) is 0 Å². The van der Waals surface area contributed by atoms with Crippen molar-refractivity contribution in [3.05, 3.63) is 56.8 Å². The molecular weight excluding hydrogens is 395 g/mol. The molecule has 122 valence electrons. The van der Waals surface area contributed by atoms with E-state index in [-0.39, 0.29) is 16.3 Å². The van der Waals surface area contributed by atoms with Crippen molar-refractivity contribution < 1.29 is 22.5 Å².